The van der Waals surface area contributed by atoms with Crippen LogP contribution in [0.3, 0.4) is 0 Å². The minimum Gasteiger partial charge on any atom is -0.314 e. The number of hydrogen-bond acceptors (Lipinski definition) is 3. The third kappa shape index (κ3) is 4.57. The summed E-state index contributed by atoms with van der Waals surface area (Å²) >= 11 is 0. The molecule has 3 nitrogen and oxygen atoms in total. The Hall–Kier alpha value is -0.120. The van der Waals surface area contributed by atoms with Crippen molar-refractivity contribution in [3.63, 3.8) is 0 Å². The number of nitrogens with zero attached hydrogens (tertiary/aromatic N) is 2. The predicted octanol–water partition coefficient (Wildman–Crippen LogP) is 1.79. The highest BCUT2D eigenvalue weighted by Crippen LogP contribution is 2.18. The SMILES string of the molecule is CCCC(C)N(C)CC(C)(C)N1CCNCC1. The van der Waals surface area contributed by atoms with Gasteiger partial charge in [-0.3, -0.25) is 4.90 Å². The fraction of sp³-hybridized carbons (Fsp3) is 1.00. The largest absolute Gasteiger partial charge is 0.314 e. The summed E-state index contributed by atoms with van der Waals surface area (Å²) in [4.78, 5) is 5.14. The van der Waals surface area contributed by atoms with Crippen LogP contribution in [0.2, 0.25) is 0 Å². The van der Waals surface area contributed by atoms with Crippen LogP contribution in [0.25, 0.3) is 0 Å². The van der Waals surface area contributed by atoms with Crippen molar-refractivity contribution in [3.8, 4) is 0 Å². The Kier molecular flexibility index (Phi) is 5.90. The van der Waals surface area contributed by atoms with E-state index in [-0.39, 0.29) is 0 Å². The van der Waals surface area contributed by atoms with Crippen molar-refractivity contribution in [3.05, 3.63) is 0 Å². The molecular formula is C14H31N3. The van der Waals surface area contributed by atoms with E-state index < -0.39 is 0 Å². The van der Waals surface area contributed by atoms with Gasteiger partial charge < -0.3 is 10.2 Å². The number of hydrogen-bond donors (Lipinski definition) is 1. The minimum absolute atomic E-state index is 0.291. The molecule has 1 saturated heterocycles. The van der Waals surface area contributed by atoms with Crippen molar-refractivity contribution >= 4 is 0 Å². The van der Waals surface area contributed by atoms with Gasteiger partial charge in [0, 0.05) is 44.3 Å². The smallest absolute Gasteiger partial charge is 0.0281 e. The summed E-state index contributed by atoms with van der Waals surface area (Å²) in [6, 6.07) is 0.696. The molecule has 0 aromatic carbocycles. The van der Waals surface area contributed by atoms with Gasteiger partial charge in [-0.25, -0.2) is 0 Å². The molecule has 1 fully saturated rings. The van der Waals surface area contributed by atoms with Crippen LogP contribution >= 0.6 is 0 Å². The van der Waals surface area contributed by atoms with Crippen molar-refractivity contribution in [2.24, 2.45) is 0 Å². The van der Waals surface area contributed by atoms with E-state index >= 15 is 0 Å². The molecule has 0 aromatic rings. The van der Waals surface area contributed by atoms with Crippen molar-refractivity contribution < 1.29 is 0 Å². The second kappa shape index (κ2) is 6.72. The average molecular weight is 241 g/mol. The first kappa shape index (κ1) is 14.9. The number of likely N-dealkylation sites (N-methyl/N-ethyl adjacent to an activating group) is 1. The van der Waals surface area contributed by atoms with Crippen LogP contribution in [0.1, 0.15) is 40.5 Å². The van der Waals surface area contributed by atoms with Gasteiger partial charge in [-0.15, -0.1) is 0 Å². The molecule has 3 heteroatoms. The first-order valence-corrected chi connectivity index (χ1v) is 7.13. The Bertz CT molecular complexity index is 210. The molecular weight excluding hydrogens is 210 g/mol. The fourth-order valence-corrected chi connectivity index (χ4v) is 2.77. The summed E-state index contributed by atoms with van der Waals surface area (Å²) in [6.45, 7) is 15.2. The lowest BCUT2D eigenvalue weighted by atomic mass is 9.99. The van der Waals surface area contributed by atoms with E-state index in [9.17, 15) is 0 Å². The molecule has 0 radical (unpaired) electrons. The molecule has 1 aliphatic heterocycles. The fourth-order valence-electron chi connectivity index (χ4n) is 2.77. The van der Waals surface area contributed by atoms with E-state index in [1.807, 2.05) is 0 Å². The Morgan fingerprint density at radius 1 is 1.29 bits per heavy atom. The summed E-state index contributed by atoms with van der Waals surface area (Å²) in [5, 5.41) is 3.43. The van der Waals surface area contributed by atoms with Crippen molar-refractivity contribution in [1.82, 2.24) is 15.1 Å². The van der Waals surface area contributed by atoms with Gasteiger partial charge in [-0.1, -0.05) is 13.3 Å². The van der Waals surface area contributed by atoms with Crippen molar-refractivity contribution in [2.45, 2.75) is 52.1 Å². The maximum atomic E-state index is 3.43. The highest BCUT2D eigenvalue weighted by molar-refractivity contribution is 4.87. The van der Waals surface area contributed by atoms with E-state index in [1.54, 1.807) is 0 Å². The van der Waals surface area contributed by atoms with Gasteiger partial charge >= 0.3 is 0 Å². The van der Waals surface area contributed by atoms with Gasteiger partial charge in [-0.2, -0.15) is 0 Å². The van der Waals surface area contributed by atoms with Gasteiger partial charge in [0.05, 0.1) is 0 Å². The van der Waals surface area contributed by atoms with Gasteiger partial charge in [0.2, 0.25) is 0 Å². The zero-order valence-electron chi connectivity index (χ0n) is 12.4. The normalized spacial score (nSPS) is 20.8. The Morgan fingerprint density at radius 3 is 2.41 bits per heavy atom. The first-order chi connectivity index (χ1) is 7.97. The standard InChI is InChI=1S/C14H31N3/c1-6-7-13(2)16(5)12-14(3,4)17-10-8-15-9-11-17/h13,15H,6-12H2,1-5H3. The van der Waals surface area contributed by atoms with Crippen LogP contribution < -0.4 is 5.32 Å². The van der Waals surface area contributed by atoms with Crippen LogP contribution in [-0.2, 0) is 0 Å². The monoisotopic (exact) mass is 241 g/mol. The number of piperazine rings is 1. The molecule has 102 valence electrons. The molecule has 0 bridgehead atoms. The molecule has 0 spiro atoms. The molecule has 1 unspecified atom stereocenters. The lowest BCUT2D eigenvalue weighted by molar-refractivity contribution is 0.0590. The topological polar surface area (TPSA) is 18.5 Å². The molecule has 0 aliphatic carbocycles. The lowest BCUT2D eigenvalue weighted by Crippen LogP contribution is -2.58. The summed E-state index contributed by atoms with van der Waals surface area (Å²) in [7, 11) is 2.27. The van der Waals surface area contributed by atoms with Crippen LogP contribution in [0, 0.1) is 0 Å². The molecule has 1 N–H and O–H groups in total. The van der Waals surface area contributed by atoms with Gasteiger partial charge in [0.1, 0.15) is 0 Å². The molecule has 1 atom stereocenters. The predicted molar refractivity (Wildman–Crippen MR) is 75.5 cm³/mol. The highest BCUT2D eigenvalue weighted by atomic mass is 15.3. The molecule has 1 heterocycles. The second-order valence-electron chi connectivity index (χ2n) is 6.10. The van der Waals surface area contributed by atoms with E-state index in [0.29, 0.717) is 11.6 Å². The van der Waals surface area contributed by atoms with E-state index in [0.717, 1.165) is 19.6 Å². The maximum Gasteiger partial charge on any atom is 0.0281 e. The van der Waals surface area contributed by atoms with Gasteiger partial charge in [0.15, 0.2) is 0 Å². The third-order valence-corrected chi connectivity index (χ3v) is 4.07. The lowest BCUT2D eigenvalue weighted by Gasteiger charge is -2.44. The molecule has 0 aromatic heterocycles. The summed E-state index contributed by atoms with van der Waals surface area (Å²) in [6.07, 6.45) is 2.58. The van der Waals surface area contributed by atoms with E-state index in [4.69, 9.17) is 0 Å². The average Bonchev–Trinajstić information content (AvgIpc) is 2.30. The quantitative estimate of drug-likeness (QED) is 0.765. The molecule has 0 amide bonds. The summed E-state index contributed by atoms with van der Waals surface area (Å²) in [5.41, 5.74) is 0.291. The molecule has 1 aliphatic rings. The summed E-state index contributed by atoms with van der Waals surface area (Å²) < 4.78 is 0. The molecule has 0 saturated carbocycles. The maximum absolute atomic E-state index is 3.43. The summed E-state index contributed by atoms with van der Waals surface area (Å²) in [5.74, 6) is 0. The van der Waals surface area contributed by atoms with Crippen LogP contribution in [0.5, 0.6) is 0 Å². The highest BCUT2D eigenvalue weighted by Gasteiger charge is 2.29. The van der Waals surface area contributed by atoms with Crippen LogP contribution in [-0.4, -0.2) is 61.2 Å². The number of nitrogens with one attached hydrogen (secondary N) is 1. The van der Waals surface area contributed by atoms with Crippen LogP contribution in [0.4, 0.5) is 0 Å². The molecule has 17 heavy (non-hydrogen) atoms. The number of rotatable bonds is 6. The molecule has 1 rings (SSSR count). The zero-order valence-corrected chi connectivity index (χ0v) is 12.4. The van der Waals surface area contributed by atoms with E-state index in [1.165, 1.54) is 25.9 Å². The van der Waals surface area contributed by atoms with Gasteiger partial charge in [-0.05, 0) is 34.2 Å². The Balaban J connectivity index is 2.46. The Morgan fingerprint density at radius 2 is 1.88 bits per heavy atom. The second-order valence-corrected chi connectivity index (χ2v) is 6.10. The minimum atomic E-state index is 0.291. The first-order valence-electron chi connectivity index (χ1n) is 7.13. The Labute approximate surface area is 108 Å². The van der Waals surface area contributed by atoms with Crippen molar-refractivity contribution in [1.29, 1.82) is 0 Å². The zero-order chi connectivity index (χ0) is 12.9. The van der Waals surface area contributed by atoms with Crippen LogP contribution in [0.15, 0.2) is 0 Å². The van der Waals surface area contributed by atoms with E-state index in [2.05, 4.69) is 49.9 Å². The van der Waals surface area contributed by atoms with Crippen molar-refractivity contribution in [2.75, 3.05) is 39.8 Å². The van der Waals surface area contributed by atoms with Gasteiger partial charge in [0.25, 0.3) is 0 Å². The third-order valence-electron chi connectivity index (χ3n) is 4.07.